The van der Waals surface area contributed by atoms with E-state index in [4.69, 9.17) is 10.3 Å². The second-order valence-corrected chi connectivity index (χ2v) is 6.40. The van der Waals surface area contributed by atoms with Gasteiger partial charge >= 0.3 is 0 Å². The molecule has 1 fully saturated rings. The predicted octanol–water partition coefficient (Wildman–Crippen LogP) is 3.63. The molecule has 0 unspecified atom stereocenters. The van der Waals surface area contributed by atoms with Crippen LogP contribution in [-0.2, 0) is 0 Å². The number of aliphatic imine (C=N–C) groups is 1. The van der Waals surface area contributed by atoms with Crippen LogP contribution >= 0.6 is 11.8 Å². The first-order valence-corrected chi connectivity index (χ1v) is 7.73. The highest BCUT2D eigenvalue weighted by Gasteiger charge is 2.36. The lowest BCUT2D eigenvalue weighted by molar-refractivity contribution is 0.359. The second kappa shape index (κ2) is 5.26. The third-order valence-corrected chi connectivity index (χ3v) is 5.24. The minimum atomic E-state index is 0.477. The lowest BCUT2D eigenvalue weighted by Crippen LogP contribution is -2.30. The van der Waals surface area contributed by atoms with Gasteiger partial charge in [-0.25, -0.2) is 0 Å². The van der Waals surface area contributed by atoms with Gasteiger partial charge in [-0.2, -0.15) is 5.26 Å². The van der Waals surface area contributed by atoms with E-state index in [0.717, 1.165) is 17.4 Å². The van der Waals surface area contributed by atoms with Crippen LogP contribution in [0.4, 0.5) is 5.69 Å². The quantitative estimate of drug-likeness (QED) is 0.848. The number of amidine groups is 1. The number of thioether (sulfide) groups is 1. The molecule has 3 rings (SSSR count). The molecule has 1 aliphatic carbocycles. The van der Waals surface area contributed by atoms with Gasteiger partial charge in [-0.1, -0.05) is 30.7 Å². The summed E-state index contributed by atoms with van der Waals surface area (Å²) in [5.41, 5.74) is 2.11. The Balaban J connectivity index is 1.68. The van der Waals surface area contributed by atoms with Gasteiger partial charge in [-0.3, -0.25) is 4.99 Å². The molecule has 4 heteroatoms. The summed E-state index contributed by atoms with van der Waals surface area (Å²) in [6.45, 7) is 0.959. The van der Waals surface area contributed by atoms with Crippen molar-refractivity contribution in [2.75, 3.05) is 17.6 Å². The Morgan fingerprint density at radius 1 is 1.32 bits per heavy atom. The molecule has 1 aromatic carbocycles. The van der Waals surface area contributed by atoms with E-state index in [-0.39, 0.29) is 0 Å². The third-order valence-electron chi connectivity index (χ3n) is 3.98. The van der Waals surface area contributed by atoms with Gasteiger partial charge in [0.15, 0.2) is 5.17 Å². The predicted molar refractivity (Wildman–Crippen MR) is 80.4 cm³/mol. The fourth-order valence-corrected chi connectivity index (χ4v) is 4.01. The average Bonchev–Trinajstić information content (AvgIpc) is 2.90. The maximum atomic E-state index is 8.89. The van der Waals surface area contributed by atoms with Gasteiger partial charge in [0.05, 0.1) is 11.6 Å². The summed E-state index contributed by atoms with van der Waals surface area (Å²) in [4.78, 5) is 4.70. The molecule has 3 nitrogen and oxygen atoms in total. The molecule has 98 valence electrons. The van der Waals surface area contributed by atoms with Gasteiger partial charge in [0, 0.05) is 18.0 Å². The van der Waals surface area contributed by atoms with Crippen LogP contribution in [0.3, 0.4) is 0 Å². The first-order valence-electron chi connectivity index (χ1n) is 6.74. The van der Waals surface area contributed by atoms with Crippen molar-refractivity contribution in [1.82, 2.24) is 0 Å². The topological polar surface area (TPSA) is 48.2 Å². The molecule has 1 spiro atoms. The van der Waals surface area contributed by atoms with Crippen molar-refractivity contribution in [3.05, 3.63) is 29.8 Å². The van der Waals surface area contributed by atoms with Gasteiger partial charge in [0.25, 0.3) is 0 Å². The minimum Gasteiger partial charge on any atom is -0.335 e. The highest BCUT2D eigenvalue weighted by Crippen LogP contribution is 2.43. The van der Waals surface area contributed by atoms with Crippen molar-refractivity contribution in [2.24, 2.45) is 10.4 Å². The molecule has 0 radical (unpaired) electrons. The Kier molecular flexibility index (Phi) is 3.48. The standard InChI is InChI=1S/C15H17N3S/c16-9-12-4-3-5-13(8-12)18-14-17-10-15(11-19-14)6-1-2-7-15/h3-5,8H,1-2,6-7,10-11H2,(H,17,18). The molecule has 1 heterocycles. The Hall–Kier alpha value is -1.47. The lowest BCUT2D eigenvalue weighted by Gasteiger charge is -2.31. The molecular weight excluding hydrogens is 254 g/mol. The summed E-state index contributed by atoms with van der Waals surface area (Å²) >= 11 is 1.82. The number of rotatable bonds is 1. The highest BCUT2D eigenvalue weighted by atomic mass is 32.2. The van der Waals surface area contributed by atoms with E-state index in [0.29, 0.717) is 11.0 Å². The van der Waals surface area contributed by atoms with E-state index in [9.17, 15) is 0 Å². The van der Waals surface area contributed by atoms with Crippen LogP contribution in [0.15, 0.2) is 29.3 Å². The van der Waals surface area contributed by atoms with Crippen LogP contribution < -0.4 is 5.32 Å². The smallest absolute Gasteiger partial charge is 0.161 e. The third kappa shape index (κ3) is 2.76. The number of hydrogen-bond donors (Lipinski definition) is 1. The van der Waals surface area contributed by atoms with Crippen LogP contribution in [0.5, 0.6) is 0 Å². The van der Waals surface area contributed by atoms with Crippen molar-refractivity contribution in [2.45, 2.75) is 25.7 Å². The average molecular weight is 271 g/mol. The van der Waals surface area contributed by atoms with Gasteiger partial charge in [0.2, 0.25) is 0 Å². The molecule has 0 aromatic heterocycles. The fraction of sp³-hybridized carbons (Fsp3) is 0.467. The van der Waals surface area contributed by atoms with Gasteiger partial charge in [0.1, 0.15) is 0 Å². The zero-order chi connectivity index (χ0) is 13.1. The molecule has 0 saturated heterocycles. The minimum absolute atomic E-state index is 0.477. The summed E-state index contributed by atoms with van der Waals surface area (Å²) < 4.78 is 0. The van der Waals surface area contributed by atoms with Crippen LogP contribution in [0, 0.1) is 16.7 Å². The van der Waals surface area contributed by atoms with E-state index < -0.39 is 0 Å². The van der Waals surface area contributed by atoms with Gasteiger partial charge < -0.3 is 5.32 Å². The molecule has 0 bridgehead atoms. The maximum absolute atomic E-state index is 8.89. The van der Waals surface area contributed by atoms with E-state index in [2.05, 4.69) is 11.4 Å². The lowest BCUT2D eigenvalue weighted by atomic mass is 9.89. The number of nitriles is 1. The molecule has 1 aliphatic heterocycles. The molecule has 1 saturated carbocycles. The molecule has 19 heavy (non-hydrogen) atoms. The molecule has 2 aliphatic rings. The van der Waals surface area contributed by atoms with Gasteiger partial charge in [-0.05, 0) is 36.5 Å². The number of benzene rings is 1. The summed E-state index contributed by atoms with van der Waals surface area (Å²) in [5, 5.41) is 13.2. The van der Waals surface area contributed by atoms with Crippen molar-refractivity contribution >= 4 is 22.6 Å². The first-order chi connectivity index (χ1) is 9.30. The Morgan fingerprint density at radius 2 is 2.16 bits per heavy atom. The zero-order valence-corrected chi connectivity index (χ0v) is 11.7. The van der Waals surface area contributed by atoms with Crippen molar-refractivity contribution in [3.63, 3.8) is 0 Å². The van der Waals surface area contributed by atoms with E-state index in [1.54, 1.807) is 0 Å². The number of anilines is 1. The highest BCUT2D eigenvalue weighted by molar-refractivity contribution is 8.14. The summed E-state index contributed by atoms with van der Waals surface area (Å²) in [5.74, 6) is 1.18. The van der Waals surface area contributed by atoms with Crippen molar-refractivity contribution < 1.29 is 0 Å². The molecule has 1 aromatic rings. The SMILES string of the molecule is N#Cc1cccc(NC2=NCC3(CCCC3)CS2)c1. The van der Waals surface area contributed by atoms with E-state index >= 15 is 0 Å². The first kappa shape index (κ1) is 12.6. The summed E-state index contributed by atoms with van der Waals surface area (Å²) in [6, 6.07) is 9.71. The maximum Gasteiger partial charge on any atom is 0.161 e. The van der Waals surface area contributed by atoms with Crippen molar-refractivity contribution in [1.29, 1.82) is 5.26 Å². The fourth-order valence-electron chi connectivity index (χ4n) is 2.85. The molecular formula is C15H17N3S. The normalized spacial score (nSPS) is 20.9. The number of hydrogen-bond acceptors (Lipinski definition) is 4. The number of nitrogens with zero attached hydrogens (tertiary/aromatic N) is 2. The van der Waals surface area contributed by atoms with Crippen LogP contribution in [0.1, 0.15) is 31.2 Å². The van der Waals surface area contributed by atoms with Gasteiger partial charge in [-0.15, -0.1) is 0 Å². The second-order valence-electron chi connectivity index (χ2n) is 5.43. The molecule has 0 atom stereocenters. The van der Waals surface area contributed by atoms with Crippen LogP contribution in [-0.4, -0.2) is 17.5 Å². The monoisotopic (exact) mass is 271 g/mol. The van der Waals surface area contributed by atoms with Crippen LogP contribution in [0.2, 0.25) is 0 Å². The Bertz CT molecular complexity index is 539. The Labute approximate surface area is 118 Å². The van der Waals surface area contributed by atoms with E-state index in [1.807, 2.05) is 36.0 Å². The summed E-state index contributed by atoms with van der Waals surface area (Å²) in [7, 11) is 0. The number of nitrogens with one attached hydrogen (secondary N) is 1. The largest absolute Gasteiger partial charge is 0.335 e. The molecule has 1 N–H and O–H groups in total. The molecule has 0 amide bonds. The van der Waals surface area contributed by atoms with E-state index in [1.165, 1.54) is 31.4 Å². The summed E-state index contributed by atoms with van der Waals surface area (Å²) in [6.07, 6.45) is 5.40. The Morgan fingerprint density at radius 3 is 2.84 bits per heavy atom. The van der Waals surface area contributed by atoms with Crippen molar-refractivity contribution in [3.8, 4) is 6.07 Å². The van der Waals surface area contributed by atoms with Crippen LogP contribution in [0.25, 0.3) is 0 Å². The zero-order valence-electron chi connectivity index (χ0n) is 10.9.